The summed E-state index contributed by atoms with van der Waals surface area (Å²) in [7, 11) is 0. The predicted octanol–water partition coefficient (Wildman–Crippen LogP) is 4.82. The molecule has 0 spiro atoms. The molecule has 166 valence electrons. The minimum Gasteiger partial charge on any atom is -0.472 e. The highest BCUT2D eigenvalue weighted by Crippen LogP contribution is 2.18. The van der Waals surface area contributed by atoms with E-state index in [9.17, 15) is 14.0 Å². The van der Waals surface area contributed by atoms with Crippen LogP contribution in [0.4, 0.5) is 10.1 Å². The molecular weight excluding hydrogens is 421 g/mol. The van der Waals surface area contributed by atoms with E-state index in [1.165, 1.54) is 28.9 Å². The average Bonchev–Trinajstić information content (AvgIpc) is 2.81. The molecule has 7 heteroatoms. The van der Waals surface area contributed by atoms with E-state index in [0.29, 0.717) is 16.8 Å². The van der Waals surface area contributed by atoms with E-state index in [4.69, 9.17) is 4.74 Å². The molecule has 1 aromatic heterocycles. The zero-order valence-electron chi connectivity index (χ0n) is 18.2. The summed E-state index contributed by atoms with van der Waals surface area (Å²) >= 11 is 0. The molecule has 0 bridgehead atoms. The van der Waals surface area contributed by atoms with Gasteiger partial charge in [-0.25, -0.2) is 4.39 Å². The van der Waals surface area contributed by atoms with E-state index < -0.39 is 0 Å². The first-order chi connectivity index (χ1) is 15.9. The molecule has 0 saturated carbocycles. The second kappa shape index (κ2) is 9.48. The first-order valence-corrected chi connectivity index (χ1v) is 10.4. The van der Waals surface area contributed by atoms with Crippen molar-refractivity contribution in [2.75, 3.05) is 5.32 Å². The summed E-state index contributed by atoms with van der Waals surface area (Å²) in [5.41, 5.74) is 4.01. The van der Waals surface area contributed by atoms with Gasteiger partial charge in [0.25, 0.3) is 11.5 Å². The van der Waals surface area contributed by atoms with E-state index in [0.717, 1.165) is 16.8 Å². The van der Waals surface area contributed by atoms with Crippen molar-refractivity contribution >= 4 is 11.6 Å². The summed E-state index contributed by atoms with van der Waals surface area (Å²) in [5, 5.41) is 7.14. The number of benzene rings is 3. The van der Waals surface area contributed by atoms with Gasteiger partial charge in [-0.1, -0.05) is 24.3 Å². The van der Waals surface area contributed by atoms with Gasteiger partial charge in [-0.05, 0) is 73.0 Å². The monoisotopic (exact) mass is 443 g/mol. The molecule has 0 radical (unpaired) electrons. The Balaban J connectivity index is 1.50. The van der Waals surface area contributed by atoms with Gasteiger partial charge in [-0.2, -0.15) is 4.68 Å². The Labute approximate surface area is 190 Å². The van der Waals surface area contributed by atoms with Crippen LogP contribution in [0, 0.1) is 19.7 Å². The number of aromatic nitrogens is 2. The maximum atomic E-state index is 13.3. The maximum Gasteiger partial charge on any atom is 0.271 e. The number of nitrogens with one attached hydrogen (secondary N) is 1. The number of anilines is 1. The summed E-state index contributed by atoms with van der Waals surface area (Å²) in [5.74, 6) is -0.381. The summed E-state index contributed by atoms with van der Waals surface area (Å²) < 4.78 is 20.1. The van der Waals surface area contributed by atoms with Crippen molar-refractivity contribution in [1.29, 1.82) is 0 Å². The van der Waals surface area contributed by atoms with Crippen molar-refractivity contribution < 1.29 is 13.9 Å². The normalized spacial score (nSPS) is 10.6. The molecule has 33 heavy (non-hydrogen) atoms. The summed E-state index contributed by atoms with van der Waals surface area (Å²) in [4.78, 5) is 25.0. The average molecular weight is 443 g/mol. The second-order valence-electron chi connectivity index (χ2n) is 7.66. The lowest BCUT2D eigenvalue weighted by Gasteiger charge is -2.11. The highest BCUT2D eigenvalue weighted by atomic mass is 19.1. The molecule has 1 N–H and O–H groups in total. The number of rotatable bonds is 6. The Morgan fingerprint density at radius 1 is 1.00 bits per heavy atom. The molecule has 6 nitrogen and oxygen atoms in total. The largest absolute Gasteiger partial charge is 0.472 e. The van der Waals surface area contributed by atoms with Gasteiger partial charge in [0.05, 0.1) is 5.69 Å². The summed E-state index contributed by atoms with van der Waals surface area (Å²) in [6.07, 6.45) is 0. The molecular formula is C26H22FN3O3. The minimum atomic E-state index is -0.351. The quantitative estimate of drug-likeness (QED) is 0.464. The third kappa shape index (κ3) is 5.33. The fraction of sp³-hybridized carbons (Fsp3) is 0.115. The van der Waals surface area contributed by atoms with Gasteiger partial charge in [0, 0.05) is 23.4 Å². The standard InChI is InChI=1S/C26H22FN3O3/c1-17-6-7-18(2)23(14-17)28-26(32)20-8-10-22(11-9-20)30-25(31)13-12-24(29-30)33-16-19-4-3-5-21(27)15-19/h3-15H,16H2,1-2H3,(H,28,32). The molecule has 1 heterocycles. The van der Waals surface area contributed by atoms with E-state index in [1.54, 1.807) is 36.4 Å². The van der Waals surface area contributed by atoms with E-state index in [2.05, 4.69) is 10.4 Å². The first-order valence-electron chi connectivity index (χ1n) is 10.4. The minimum absolute atomic E-state index is 0.112. The zero-order chi connectivity index (χ0) is 23.4. The van der Waals surface area contributed by atoms with E-state index >= 15 is 0 Å². The molecule has 0 aliphatic heterocycles. The number of carbonyl (C=O) groups excluding carboxylic acids is 1. The lowest BCUT2D eigenvalue weighted by atomic mass is 10.1. The topological polar surface area (TPSA) is 73.2 Å². The SMILES string of the molecule is Cc1ccc(C)c(NC(=O)c2ccc(-n3nc(OCc4cccc(F)c4)ccc3=O)cc2)c1. The number of aryl methyl sites for hydroxylation is 2. The Morgan fingerprint density at radius 2 is 1.79 bits per heavy atom. The summed E-state index contributed by atoms with van der Waals surface area (Å²) in [6.45, 7) is 4.00. The number of ether oxygens (including phenoxy) is 1. The Kier molecular flexibility index (Phi) is 6.31. The molecule has 0 aliphatic carbocycles. The van der Waals surface area contributed by atoms with Gasteiger partial charge in [0.1, 0.15) is 12.4 Å². The molecule has 0 aliphatic rings. The van der Waals surface area contributed by atoms with Crippen LogP contribution in [-0.2, 0) is 6.61 Å². The van der Waals surface area contributed by atoms with Crippen molar-refractivity contribution in [1.82, 2.24) is 9.78 Å². The number of hydrogen-bond acceptors (Lipinski definition) is 4. The first kappa shape index (κ1) is 22.0. The van der Waals surface area contributed by atoms with Gasteiger partial charge in [0.2, 0.25) is 5.88 Å². The number of halogens is 1. The van der Waals surface area contributed by atoms with E-state index in [1.807, 2.05) is 32.0 Å². The van der Waals surface area contributed by atoms with Crippen molar-refractivity contribution in [3.05, 3.63) is 117 Å². The molecule has 4 aromatic rings. The smallest absolute Gasteiger partial charge is 0.271 e. The third-order valence-corrected chi connectivity index (χ3v) is 5.07. The molecule has 4 rings (SSSR count). The lowest BCUT2D eigenvalue weighted by Crippen LogP contribution is -2.21. The molecule has 0 unspecified atom stereocenters. The van der Waals surface area contributed by atoms with Gasteiger partial charge in [-0.3, -0.25) is 9.59 Å². The van der Waals surface area contributed by atoms with Crippen molar-refractivity contribution in [2.45, 2.75) is 20.5 Å². The fourth-order valence-electron chi connectivity index (χ4n) is 3.26. The van der Waals surface area contributed by atoms with Crippen LogP contribution in [0.15, 0.2) is 83.7 Å². The highest BCUT2D eigenvalue weighted by Gasteiger charge is 2.10. The van der Waals surface area contributed by atoms with Gasteiger partial charge >= 0.3 is 0 Å². The fourth-order valence-corrected chi connectivity index (χ4v) is 3.26. The Hall–Kier alpha value is -4.26. The van der Waals surface area contributed by atoms with Crippen LogP contribution in [0.3, 0.4) is 0 Å². The van der Waals surface area contributed by atoms with Gasteiger partial charge in [-0.15, -0.1) is 5.10 Å². The Morgan fingerprint density at radius 3 is 2.55 bits per heavy atom. The number of carbonyl (C=O) groups is 1. The van der Waals surface area contributed by atoms with Crippen LogP contribution in [0.5, 0.6) is 5.88 Å². The van der Waals surface area contributed by atoms with Crippen LogP contribution >= 0.6 is 0 Å². The van der Waals surface area contributed by atoms with Crippen LogP contribution in [0.2, 0.25) is 0 Å². The van der Waals surface area contributed by atoms with Gasteiger partial charge < -0.3 is 10.1 Å². The van der Waals surface area contributed by atoms with Crippen LogP contribution in [0.25, 0.3) is 5.69 Å². The zero-order valence-corrected chi connectivity index (χ0v) is 18.2. The van der Waals surface area contributed by atoms with Crippen LogP contribution in [0.1, 0.15) is 27.0 Å². The third-order valence-electron chi connectivity index (χ3n) is 5.07. The molecule has 0 saturated heterocycles. The van der Waals surface area contributed by atoms with Gasteiger partial charge in [0.15, 0.2) is 0 Å². The Bertz CT molecular complexity index is 1360. The van der Waals surface area contributed by atoms with Crippen molar-refractivity contribution in [3.63, 3.8) is 0 Å². The number of nitrogens with zero attached hydrogens (tertiary/aromatic N) is 2. The molecule has 0 atom stereocenters. The second-order valence-corrected chi connectivity index (χ2v) is 7.66. The van der Waals surface area contributed by atoms with Crippen molar-refractivity contribution in [2.24, 2.45) is 0 Å². The van der Waals surface area contributed by atoms with E-state index in [-0.39, 0.29) is 29.8 Å². The molecule has 1 amide bonds. The number of amides is 1. The van der Waals surface area contributed by atoms with Crippen LogP contribution < -0.4 is 15.6 Å². The molecule has 3 aromatic carbocycles. The van der Waals surface area contributed by atoms with Crippen molar-refractivity contribution in [3.8, 4) is 11.6 Å². The number of hydrogen-bond donors (Lipinski definition) is 1. The predicted molar refractivity (Wildman–Crippen MR) is 124 cm³/mol. The lowest BCUT2D eigenvalue weighted by molar-refractivity contribution is 0.102. The highest BCUT2D eigenvalue weighted by molar-refractivity contribution is 6.04. The molecule has 0 fully saturated rings. The summed E-state index contributed by atoms with van der Waals surface area (Å²) in [6, 6.07) is 21.3. The van der Waals surface area contributed by atoms with Crippen LogP contribution in [-0.4, -0.2) is 15.7 Å². The maximum absolute atomic E-state index is 13.3.